The number of carboxylic acids is 1. The van der Waals surface area contributed by atoms with E-state index in [0.717, 1.165) is 18.2 Å². The first-order chi connectivity index (χ1) is 12.6. The fourth-order valence-corrected chi connectivity index (χ4v) is 3.58. The maximum atomic E-state index is 12.5. The van der Waals surface area contributed by atoms with Crippen LogP contribution in [0.5, 0.6) is 5.75 Å². The molecule has 1 fully saturated rings. The summed E-state index contributed by atoms with van der Waals surface area (Å²) < 4.78 is 72.8. The van der Waals surface area contributed by atoms with Gasteiger partial charge in [0.25, 0.3) is 0 Å². The Balaban J connectivity index is 2.07. The second-order valence-corrected chi connectivity index (χ2v) is 7.63. The number of morpholine rings is 1. The summed E-state index contributed by atoms with van der Waals surface area (Å²) in [5.74, 6) is -2.58. The Morgan fingerprint density at radius 2 is 1.96 bits per heavy atom. The molecule has 0 radical (unpaired) electrons. The minimum Gasteiger partial charge on any atom is -0.478 e. The Hall–Kier alpha value is -2.05. The first kappa shape index (κ1) is 21.3. The van der Waals surface area contributed by atoms with Gasteiger partial charge in [-0.1, -0.05) is 0 Å². The molecule has 12 heteroatoms. The lowest BCUT2D eigenvalue weighted by Gasteiger charge is -2.26. The average molecular weight is 412 g/mol. The van der Waals surface area contributed by atoms with E-state index in [2.05, 4.69) is 4.74 Å². The van der Waals surface area contributed by atoms with Crippen LogP contribution in [0.2, 0.25) is 0 Å². The molecule has 0 unspecified atom stereocenters. The number of benzene rings is 1. The molecule has 27 heavy (non-hydrogen) atoms. The minimum atomic E-state index is -5.05. The highest BCUT2D eigenvalue weighted by molar-refractivity contribution is 7.92. The molecule has 1 aromatic carbocycles. The highest BCUT2D eigenvalue weighted by atomic mass is 32.2. The summed E-state index contributed by atoms with van der Waals surface area (Å²) in [6.45, 7) is 2.97. The first-order valence-electron chi connectivity index (χ1n) is 7.99. The largest absolute Gasteiger partial charge is 0.573 e. The highest BCUT2D eigenvalue weighted by Gasteiger charge is 2.33. The summed E-state index contributed by atoms with van der Waals surface area (Å²) >= 11 is 0. The van der Waals surface area contributed by atoms with E-state index >= 15 is 0 Å². The molecule has 0 aromatic heterocycles. The van der Waals surface area contributed by atoms with Crippen molar-refractivity contribution < 1.29 is 41.0 Å². The summed E-state index contributed by atoms with van der Waals surface area (Å²) in [5.41, 5.74) is -0.964. The molecule has 0 spiro atoms. The molecule has 1 heterocycles. The van der Waals surface area contributed by atoms with E-state index in [1.54, 1.807) is 0 Å². The maximum absolute atomic E-state index is 12.5. The number of rotatable bonds is 8. The molecule has 1 saturated heterocycles. The zero-order chi connectivity index (χ0) is 20.1. The molecule has 1 aliphatic heterocycles. The molecule has 8 nitrogen and oxygen atoms in total. The number of ether oxygens (including phenoxy) is 2. The van der Waals surface area contributed by atoms with Crippen LogP contribution in [0, 0.1) is 0 Å². The van der Waals surface area contributed by atoms with E-state index < -0.39 is 33.8 Å². The number of sulfonamides is 1. The van der Waals surface area contributed by atoms with E-state index in [1.807, 2.05) is 9.62 Å². The van der Waals surface area contributed by atoms with E-state index in [4.69, 9.17) is 9.84 Å². The van der Waals surface area contributed by atoms with E-state index in [0.29, 0.717) is 32.8 Å². The van der Waals surface area contributed by atoms with Crippen LogP contribution in [-0.4, -0.2) is 69.4 Å². The van der Waals surface area contributed by atoms with Gasteiger partial charge in [0.2, 0.25) is 10.0 Å². The third-order valence-electron chi connectivity index (χ3n) is 3.71. The van der Waals surface area contributed by atoms with E-state index in [-0.39, 0.29) is 17.7 Å². The number of halogens is 3. The maximum Gasteiger partial charge on any atom is 0.573 e. The number of aromatic carboxylic acids is 1. The van der Waals surface area contributed by atoms with Gasteiger partial charge < -0.3 is 14.6 Å². The van der Waals surface area contributed by atoms with Gasteiger partial charge in [0, 0.05) is 13.1 Å². The number of carboxylic acid groups (broad SMARTS) is 1. The number of anilines is 1. The molecule has 1 aliphatic rings. The number of nitrogens with zero attached hydrogens (tertiary/aromatic N) is 1. The van der Waals surface area contributed by atoms with Gasteiger partial charge >= 0.3 is 12.3 Å². The monoisotopic (exact) mass is 412 g/mol. The highest BCUT2D eigenvalue weighted by Crippen LogP contribution is 2.32. The minimum absolute atomic E-state index is 0.253. The van der Waals surface area contributed by atoms with Gasteiger partial charge in [0.05, 0.1) is 30.2 Å². The predicted octanol–water partition coefficient (Wildman–Crippen LogP) is 1.75. The lowest BCUT2D eigenvalue weighted by molar-refractivity contribution is -0.274. The van der Waals surface area contributed by atoms with Gasteiger partial charge in [0.1, 0.15) is 0 Å². The van der Waals surface area contributed by atoms with Crippen LogP contribution in [0.4, 0.5) is 18.9 Å². The zero-order valence-electron chi connectivity index (χ0n) is 14.2. The van der Waals surface area contributed by atoms with Gasteiger partial charge in [-0.2, -0.15) is 0 Å². The number of carbonyl (C=O) groups is 1. The average Bonchev–Trinajstić information content (AvgIpc) is 2.55. The normalized spacial score (nSPS) is 16.1. The van der Waals surface area contributed by atoms with Crippen molar-refractivity contribution >= 4 is 21.7 Å². The van der Waals surface area contributed by atoms with Crippen LogP contribution >= 0.6 is 0 Å². The molecule has 0 saturated carbocycles. The van der Waals surface area contributed by atoms with Gasteiger partial charge in [-0.25, -0.2) is 13.2 Å². The Morgan fingerprint density at radius 3 is 2.56 bits per heavy atom. The second kappa shape index (κ2) is 8.76. The van der Waals surface area contributed by atoms with Crippen LogP contribution in [0.1, 0.15) is 16.8 Å². The topological polar surface area (TPSA) is 105 Å². The Kier molecular flexibility index (Phi) is 6.89. The fourth-order valence-electron chi connectivity index (χ4n) is 2.48. The molecule has 152 valence electrons. The van der Waals surface area contributed by atoms with E-state index in [1.165, 1.54) is 0 Å². The lowest BCUT2D eigenvalue weighted by atomic mass is 10.2. The summed E-state index contributed by atoms with van der Waals surface area (Å²) in [7, 11) is -4.00. The third kappa shape index (κ3) is 7.23. The SMILES string of the molecule is O=C(O)c1ccc(OC(F)(F)F)c(NS(=O)(=O)CCCN2CCOCC2)c1. The zero-order valence-corrected chi connectivity index (χ0v) is 15.0. The number of alkyl halides is 3. The van der Waals surface area contributed by atoms with Crippen LogP contribution in [0.15, 0.2) is 18.2 Å². The standard InChI is InChI=1S/C15H19F3N2O6S/c16-15(17,18)26-13-3-2-11(14(21)22)10-12(13)19-27(23,24)9-1-4-20-5-7-25-8-6-20/h2-3,10,19H,1,4-9H2,(H,21,22). The predicted molar refractivity (Wildman–Crippen MR) is 89.4 cm³/mol. The van der Waals surface area contributed by atoms with Crippen molar-refractivity contribution in [3.05, 3.63) is 23.8 Å². The van der Waals surface area contributed by atoms with Gasteiger partial charge in [-0.3, -0.25) is 9.62 Å². The Labute approximate surface area is 153 Å². The molecular formula is C15H19F3N2O6S. The molecule has 2 N–H and O–H groups in total. The summed E-state index contributed by atoms with van der Waals surface area (Å²) in [6.07, 6.45) is -4.80. The first-order valence-corrected chi connectivity index (χ1v) is 9.65. The van der Waals surface area contributed by atoms with Gasteiger partial charge in [-0.05, 0) is 31.2 Å². The van der Waals surface area contributed by atoms with Crippen LogP contribution < -0.4 is 9.46 Å². The van der Waals surface area contributed by atoms with Crippen molar-refractivity contribution in [1.82, 2.24) is 4.90 Å². The molecule has 1 aromatic rings. The van der Waals surface area contributed by atoms with Crippen molar-refractivity contribution in [2.24, 2.45) is 0 Å². The molecule has 0 aliphatic carbocycles. The summed E-state index contributed by atoms with van der Waals surface area (Å²) in [4.78, 5) is 13.0. The van der Waals surface area contributed by atoms with Gasteiger partial charge in [0.15, 0.2) is 5.75 Å². The van der Waals surface area contributed by atoms with Crippen molar-refractivity contribution in [1.29, 1.82) is 0 Å². The van der Waals surface area contributed by atoms with Crippen molar-refractivity contribution in [3.8, 4) is 5.75 Å². The Morgan fingerprint density at radius 1 is 1.30 bits per heavy atom. The lowest BCUT2D eigenvalue weighted by Crippen LogP contribution is -2.37. The van der Waals surface area contributed by atoms with E-state index in [9.17, 15) is 26.4 Å². The molecule has 2 rings (SSSR count). The van der Waals surface area contributed by atoms with Gasteiger partial charge in [-0.15, -0.1) is 13.2 Å². The molecular weight excluding hydrogens is 393 g/mol. The number of hydrogen-bond donors (Lipinski definition) is 2. The molecule has 0 amide bonds. The summed E-state index contributed by atoms with van der Waals surface area (Å²) in [5, 5.41) is 8.96. The summed E-state index contributed by atoms with van der Waals surface area (Å²) in [6, 6.07) is 2.42. The quantitative estimate of drug-likeness (QED) is 0.670. The number of nitrogens with one attached hydrogen (secondary N) is 1. The van der Waals surface area contributed by atoms with Crippen molar-refractivity contribution in [2.75, 3.05) is 43.3 Å². The fraction of sp³-hybridized carbons (Fsp3) is 0.533. The smallest absolute Gasteiger partial charge is 0.478 e. The van der Waals surface area contributed by atoms with Crippen molar-refractivity contribution in [2.45, 2.75) is 12.8 Å². The third-order valence-corrected chi connectivity index (χ3v) is 5.07. The van der Waals surface area contributed by atoms with Crippen molar-refractivity contribution in [3.63, 3.8) is 0 Å². The molecule has 0 bridgehead atoms. The molecule has 0 atom stereocenters. The van der Waals surface area contributed by atoms with Crippen LogP contribution in [0.3, 0.4) is 0 Å². The second-order valence-electron chi connectivity index (χ2n) is 5.79. The number of hydrogen-bond acceptors (Lipinski definition) is 6. The van der Waals surface area contributed by atoms with Crippen LogP contribution in [0.25, 0.3) is 0 Å². The van der Waals surface area contributed by atoms with Crippen LogP contribution in [-0.2, 0) is 14.8 Å². The Bertz CT molecular complexity index is 763.